The van der Waals surface area contributed by atoms with Crippen molar-refractivity contribution in [3.05, 3.63) is 29.8 Å². The Kier molecular flexibility index (Phi) is 4.19. The highest BCUT2D eigenvalue weighted by Crippen LogP contribution is 2.72. The van der Waals surface area contributed by atoms with Crippen molar-refractivity contribution in [3.63, 3.8) is 0 Å². The van der Waals surface area contributed by atoms with E-state index in [0.717, 1.165) is 11.3 Å². The van der Waals surface area contributed by atoms with E-state index in [4.69, 9.17) is 9.47 Å². The molecule has 2 saturated carbocycles. The Labute approximate surface area is 150 Å². The Morgan fingerprint density at radius 1 is 1.31 bits per heavy atom. The Morgan fingerprint density at radius 2 is 1.96 bits per heavy atom. The summed E-state index contributed by atoms with van der Waals surface area (Å²) in [4.78, 5) is 12.3. The monoisotopic (exact) mass is 367 g/mol. The van der Waals surface area contributed by atoms with Gasteiger partial charge < -0.3 is 19.9 Å². The van der Waals surface area contributed by atoms with Crippen molar-refractivity contribution >= 4 is 5.97 Å². The number of hydrogen-bond donors (Lipinski definition) is 2. The second kappa shape index (κ2) is 6.16. The van der Waals surface area contributed by atoms with Gasteiger partial charge in [0.1, 0.15) is 18.0 Å². The van der Waals surface area contributed by atoms with Gasteiger partial charge in [0.25, 0.3) is 5.92 Å². The van der Waals surface area contributed by atoms with Crippen LogP contribution in [0.2, 0.25) is 0 Å². The van der Waals surface area contributed by atoms with E-state index in [1.807, 2.05) is 24.3 Å². The highest BCUT2D eigenvalue weighted by Gasteiger charge is 2.76. The lowest BCUT2D eigenvalue weighted by molar-refractivity contribution is -0.166. The Balaban J connectivity index is 1.34. The SMILES string of the molecule is COc1ccc(C[C@H]2NC[C@H](O)[C@H]2OC(=O)C2CC3(C2)CC3(F)F)cc1. The normalized spacial score (nSPS) is 37.2. The molecule has 1 aliphatic heterocycles. The maximum absolute atomic E-state index is 13.3. The van der Waals surface area contributed by atoms with Crippen LogP contribution in [0.3, 0.4) is 0 Å². The minimum absolute atomic E-state index is 0.114. The van der Waals surface area contributed by atoms with E-state index >= 15 is 0 Å². The molecule has 0 bridgehead atoms. The summed E-state index contributed by atoms with van der Waals surface area (Å²) in [6, 6.07) is 7.35. The van der Waals surface area contributed by atoms with E-state index in [2.05, 4.69) is 5.32 Å². The van der Waals surface area contributed by atoms with Crippen LogP contribution in [0.15, 0.2) is 24.3 Å². The summed E-state index contributed by atoms with van der Waals surface area (Å²) in [5, 5.41) is 13.3. The molecule has 0 amide bonds. The van der Waals surface area contributed by atoms with Gasteiger partial charge >= 0.3 is 5.97 Å². The van der Waals surface area contributed by atoms with Gasteiger partial charge in [-0.25, -0.2) is 8.78 Å². The Bertz CT molecular complexity index is 687. The number of nitrogens with one attached hydrogen (secondary N) is 1. The number of carbonyl (C=O) groups is 1. The van der Waals surface area contributed by atoms with Gasteiger partial charge in [0.15, 0.2) is 0 Å². The summed E-state index contributed by atoms with van der Waals surface area (Å²) in [5.74, 6) is -2.80. The first-order valence-corrected chi connectivity index (χ1v) is 8.96. The fourth-order valence-electron chi connectivity index (χ4n) is 4.24. The zero-order valence-electron chi connectivity index (χ0n) is 14.6. The third-order valence-electron chi connectivity index (χ3n) is 6.05. The smallest absolute Gasteiger partial charge is 0.309 e. The lowest BCUT2D eigenvalue weighted by Gasteiger charge is -2.35. The summed E-state index contributed by atoms with van der Waals surface area (Å²) in [7, 11) is 1.60. The van der Waals surface area contributed by atoms with Gasteiger partial charge in [-0.2, -0.15) is 0 Å². The standard InChI is InChI=1S/C19H23F2NO4/c1-25-13-4-2-11(3-5-13)6-14-16(15(23)9-22-14)26-17(24)12-7-18(8-12)10-19(18,20)21/h2-5,12,14-16,22-23H,6-10H2,1H3/t12?,14-,15+,16+,18?/m1/s1. The minimum Gasteiger partial charge on any atom is -0.497 e. The van der Waals surface area contributed by atoms with Crippen molar-refractivity contribution in [1.29, 1.82) is 0 Å². The molecule has 2 aliphatic carbocycles. The number of esters is 1. The summed E-state index contributed by atoms with van der Waals surface area (Å²) >= 11 is 0. The molecule has 0 radical (unpaired) electrons. The summed E-state index contributed by atoms with van der Waals surface area (Å²) < 4.78 is 37.2. The zero-order valence-corrected chi connectivity index (χ0v) is 14.6. The molecular weight excluding hydrogens is 344 g/mol. The lowest BCUT2D eigenvalue weighted by atomic mass is 9.71. The molecular formula is C19H23F2NO4. The van der Waals surface area contributed by atoms with Gasteiger partial charge in [-0.15, -0.1) is 0 Å². The van der Waals surface area contributed by atoms with E-state index in [0.29, 0.717) is 13.0 Å². The van der Waals surface area contributed by atoms with Crippen LogP contribution in [-0.2, 0) is 16.0 Å². The van der Waals surface area contributed by atoms with Crippen LogP contribution in [0.25, 0.3) is 0 Å². The van der Waals surface area contributed by atoms with E-state index in [1.54, 1.807) is 7.11 Å². The molecule has 3 atom stereocenters. The summed E-state index contributed by atoms with van der Waals surface area (Å²) in [5.41, 5.74) is 0.0739. The first-order valence-electron chi connectivity index (χ1n) is 8.96. The number of aliphatic hydroxyl groups excluding tert-OH is 1. The van der Waals surface area contributed by atoms with Crippen molar-refractivity contribution in [2.75, 3.05) is 13.7 Å². The van der Waals surface area contributed by atoms with E-state index in [1.165, 1.54) is 0 Å². The molecule has 3 fully saturated rings. The maximum atomic E-state index is 13.3. The largest absolute Gasteiger partial charge is 0.497 e. The molecule has 1 aromatic carbocycles. The van der Waals surface area contributed by atoms with Crippen LogP contribution in [0.1, 0.15) is 24.8 Å². The first-order chi connectivity index (χ1) is 12.3. The van der Waals surface area contributed by atoms with Crippen molar-refractivity contribution in [2.24, 2.45) is 11.3 Å². The van der Waals surface area contributed by atoms with E-state index in [9.17, 15) is 18.7 Å². The predicted molar refractivity (Wildman–Crippen MR) is 89.1 cm³/mol. The molecule has 142 valence electrons. The number of β-amino-alcohol motifs (C(OH)–C–C–N with tert-alkyl or cyclic N) is 1. The van der Waals surface area contributed by atoms with Crippen molar-refractivity contribution in [1.82, 2.24) is 5.32 Å². The molecule has 0 aromatic heterocycles. The fourth-order valence-corrected chi connectivity index (χ4v) is 4.24. The molecule has 4 rings (SSSR count). The van der Waals surface area contributed by atoms with Gasteiger partial charge in [-0.05, 0) is 37.0 Å². The lowest BCUT2D eigenvalue weighted by Crippen LogP contribution is -2.43. The van der Waals surface area contributed by atoms with Crippen LogP contribution < -0.4 is 10.1 Å². The molecule has 2 N–H and O–H groups in total. The second-order valence-electron chi connectivity index (χ2n) is 7.80. The Hall–Kier alpha value is -1.73. The fraction of sp³-hybridized carbons (Fsp3) is 0.632. The summed E-state index contributed by atoms with van der Waals surface area (Å²) in [6.07, 6.45) is -0.598. The molecule has 1 heterocycles. The van der Waals surface area contributed by atoms with Crippen LogP contribution in [0.5, 0.6) is 5.75 Å². The van der Waals surface area contributed by atoms with Gasteiger partial charge in [0.05, 0.1) is 19.1 Å². The van der Waals surface area contributed by atoms with E-state index in [-0.39, 0.29) is 25.3 Å². The van der Waals surface area contributed by atoms with Gasteiger partial charge in [-0.3, -0.25) is 4.79 Å². The highest BCUT2D eigenvalue weighted by molar-refractivity contribution is 5.74. The van der Waals surface area contributed by atoms with Crippen LogP contribution in [0.4, 0.5) is 8.78 Å². The number of rotatable bonds is 5. The number of alkyl halides is 2. The van der Waals surface area contributed by atoms with Crippen LogP contribution >= 0.6 is 0 Å². The average molecular weight is 367 g/mol. The number of carbonyl (C=O) groups excluding carboxylic acids is 1. The first kappa shape index (κ1) is 17.7. The number of ether oxygens (including phenoxy) is 2. The van der Waals surface area contributed by atoms with Gasteiger partial charge in [-0.1, -0.05) is 12.1 Å². The number of halogens is 2. The van der Waals surface area contributed by atoms with Crippen LogP contribution in [0, 0.1) is 11.3 Å². The predicted octanol–water partition coefficient (Wildman–Crippen LogP) is 1.92. The van der Waals surface area contributed by atoms with Crippen molar-refractivity contribution in [3.8, 4) is 5.75 Å². The third-order valence-corrected chi connectivity index (χ3v) is 6.05. The van der Waals surface area contributed by atoms with Crippen molar-refractivity contribution < 1.29 is 28.2 Å². The molecule has 0 unspecified atom stereocenters. The molecule has 1 aromatic rings. The number of methoxy groups -OCH3 is 1. The second-order valence-corrected chi connectivity index (χ2v) is 7.80. The van der Waals surface area contributed by atoms with Crippen molar-refractivity contribution in [2.45, 2.75) is 49.9 Å². The maximum Gasteiger partial charge on any atom is 0.309 e. The number of benzene rings is 1. The topological polar surface area (TPSA) is 67.8 Å². The summed E-state index contributed by atoms with van der Waals surface area (Å²) in [6.45, 7) is 0.339. The molecule has 7 heteroatoms. The third kappa shape index (κ3) is 2.97. The molecule has 1 saturated heterocycles. The number of hydrogen-bond acceptors (Lipinski definition) is 5. The van der Waals surface area contributed by atoms with E-state index < -0.39 is 35.4 Å². The minimum atomic E-state index is -2.62. The molecule has 1 spiro atoms. The van der Waals surface area contributed by atoms with Crippen LogP contribution in [-0.4, -0.2) is 48.9 Å². The zero-order chi connectivity index (χ0) is 18.5. The van der Waals surface area contributed by atoms with Gasteiger partial charge in [0.2, 0.25) is 0 Å². The molecule has 3 aliphatic rings. The quantitative estimate of drug-likeness (QED) is 0.779. The number of aliphatic hydroxyl groups is 1. The molecule has 26 heavy (non-hydrogen) atoms. The highest BCUT2D eigenvalue weighted by atomic mass is 19.3. The average Bonchev–Trinajstić information content (AvgIpc) is 3.03. The molecule has 5 nitrogen and oxygen atoms in total. The van der Waals surface area contributed by atoms with Gasteiger partial charge in [0, 0.05) is 18.4 Å². The Morgan fingerprint density at radius 3 is 2.54 bits per heavy atom.